The number of aromatic nitrogens is 2. The number of nitrogens with zero attached hydrogens (tertiary/aromatic N) is 2. The van der Waals surface area contributed by atoms with E-state index < -0.39 is 0 Å². The first kappa shape index (κ1) is 13.1. The third-order valence-corrected chi connectivity index (χ3v) is 4.15. The van der Waals surface area contributed by atoms with E-state index in [1.54, 1.807) is 0 Å². The molecule has 0 bridgehead atoms. The largest absolute Gasteiger partial charge is 0.324 e. The van der Waals surface area contributed by atoms with Gasteiger partial charge in [-0.05, 0) is 57.4 Å². The normalized spacial score (nSPS) is 15.6. The molecule has 0 saturated heterocycles. The van der Waals surface area contributed by atoms with E-state index >= 15 is 0 Å². The fraction of sp³-hybridized carbons (Fsp3) is 0.533. The number of hydrogen-bond donors (Lipinski definition) is 1. The molecule has 1 N–H and O–H groups in total. The van der Waals surface area contributed by atoms with E-state index in [0.29, 0.717) is 6.04 Å². The number of hydrogen-bond acceptors (Lipinski definition) is 2. The average molecular weight is 322 g/mol. The summed E-state index contributed by atoms with van der Waals surface area (Å²) in [6.07, 6.45) is 2.78. The maximum absolute atomic E-state index is 4.78. The van der Waals surface area contributed by atoms with Crippen LogP contribution in [-0.2, 0) is 6.54 Å². The van der Waals surface area contributed by atoms with Crippen LogP contribution in [0.25, 0.3) is 11.0 Å². The lowest BCUT2D eigenvalue weighted by Gasteiger charge is -2.13. The summed E-state index contributed by atoms with van der Waals surface area (Å²) in [5.41, 5.74) is 2.30. The van der Waals surface area contributed by atoms with E-state index in [1.807, 2.05) is 0 Å². The highest BCUT2D eigenvalue weighted by molar-refractivity contribution is 9.10. The van der Waals surface area contributed by atoms with Gasteiger partial charge in [-0.15, -0.1) is 0 Å². The maximum atomic E-state index is 4.78. The van der Waals surface area contributed by atoms with Crippen LogP contribution in [0.1, 0.15) is 38.6 Å². The molecular formula is C15H20BrN3. The van der Waals surface area contributed by atoms with Crippen molar-refractivity contribution in [1.82, 2.24) is 14.9 Å². The molecule has 1 fully saturated rings. The second kappa shape index (κ2) is 5.25. The van der Waals surface area contributed by atoms with Crippen LogP contribution in [0.3, 0.4) is 0 Å². The van der Waals surface area contributed by atoms with Gasteiger partial charge in [0.15, 0.2) is 0 Å². The number of rotatable bonds is 5. The van der Waals surface area contributed by atoms with Crippen LogP contribution >= 0.6 is 15.9 Å². The van der Waals surface area contributed by atoms with Crippen LogP contribution in [0.4, 0.5) is 0 Å². The summed E-state index contributed by atoms with van der Waals surface area (Å²) in [5.74, 6) is 2.05. The Morgan fingerprint density at radius 2 is 2.21 bits per heavy atom. The molecule has 0 atom stereocenters. The molecule has 1 saturated carbocycles. The van der Waals surface area contributed by atoms with Crippen molar-refractivity contribution >= 4 is 27.0 Å². The van der Waals surface area contributed by atoms with Gasteiger partial charge in [-0.25, -0.2) is 4.98 Å². The SMILES string of the molecule is CC(C)n1c(CNCC2CC2)nc2cc(Br)ccc21. The van der Waals surface area contributed by atoms with Crippen LogP contribution in [0.2, 0.25) is 0 Å². The maximum Gasteiger partial charge on any atom is 0.124 e. The van der Waals surface area contributed by atoms with E-state index in [9.17, 15) is 0 Å². The van der Waals surface area contributed by atoms with Crippen LogP contribution in [0.15, 0.2) is 22.7 Å². The van der Waals surface area contributed by atoms with Crippen molar-refractivity contribution in [2.75, 3.05) is 6.54 Å². The van der Waals surface area contributed by atoms with Crippen LogP contribution in [0, 0.1) is 5.92 Å². The molecule has 4 heteroatoms. The second-order valence-electron chi connectivity index (χ2n) is 5.70. The van der Waals surface area contributed by atoms with Crippen LogP contribution < -0.4 is 5.32 Å². The zero-order chi connectivity index (χ0) is 13.4. The monoisotopic (exact) mass is 321 g/mol. The summed E-state index contributed by atoms with van der Waals surface area (Å²) in [6, 6.07) is 6.77. The van der Waals surface area contributed by atoms with Gasteiger partial charge in [-0.2, -0.15) is 0 Å². The predicted molar refractivity (Wildman–Crippen MR) is 82.2 cm³/mol. The molecule has 1 heterocycles. The lowest BCUT2D eigenvalue weighted by Crippen LogP contribution is -2.20. The molecular weight excluding hydrogens is 302 g/mol. The van der Waals surface area contributed by atoms with Crippen LogP contribution in [-0.4, -0.2) is 16.1 Å². The number of imidazole rings is 1. The Labute approximate surface area is 122 Å². The lowest BCUT2D eigenvalue weighted by molar-refractivity contribution is 0.545. The van der Waals surface area contributed by atoms with Crippen molar-refractivity contribution < 1.29 is 0 Å². The van der Waals surface area contributed by atoms with E-state index in [4.69, 9.17) is 4.98 Å². The molecule has 0 aliphatic heterocycles. The Balaban J connectivity index is 1.89. The first-order valence-electron chi connectivity index (χ1n) is 7.02. The van der Waals surface area contributed by atoms with Gasteiger partial charge in [-0.1, -0.05) is 15.9 Å². The standard InChI is InChI=1S/C15H20BrN3/c1-10(2)19-14-6-5-12(16)7-13(14)18-15(19)9-17-8-11-3-4-11/h5-7,10-11,17H,3-4,8-9H2,1-2H3. The summed E-state index contributed by atoms with van der Waals surface area (Å²) < 4.78 is 3.42. The fourth-order valence-corrected chi connectivity index (χ4v) is 2.88. The molecule has 0 unspecified atom stereocenters. The fourth-order valence-electron chi connectivity index (χ4n) is 2.53. The van der Waals surface area contributed by atoms with E-state index in [2.05, 4.69) is 57.9 Å². The molecule has 1 aliphatic rings. The predicted octanol–water partition coefficient (Wildman–Crippen LogP) is 3.88. The van der Waals surface area contributed by atoms with Crippen molar-refractivity contribution in [3.63, 3.8) is 0 Å². The summed E-state index contributed by atoms with van der Waals surface area (Å²) in [6.45, 7) is 6.42. The van der Waals surface area contributed by atoms with E-state index in [0.717, 1.165) is 34.8 Å². The van der Waals surface area contributed by atoms with Crippen molar-refractivity contribution in [1.29, 1.82) is 0 Å². The molecule has 1 aromatic carbocycles. The minimum atomic E-state index is 0.434. The molecule has 19 heavy (non-hydrogen) atoms. The highest BCUT2D eigenvalue weighted by Crippen LogP contribution is 2.28. The molecule has 1 aliphatic carbocycles. The molecule has 2 aromatic rings. The third-order valence-electron chi connectivity index (χ3n) is 3.65. The molecule has 0 amide bonds. The number of benzene rings is 1. The van der Waals surface area contributed by atoms with Gasteiger partial charge in [0.05, 0.1) is 17.6 Å². The van der Waals surface area contributed by atoms with Gasteiger partial charge in [0.1, 0.15) is 5.82 Å². The van der Waals surface area contributed by atoms with Gasteiger partial charge < -0.3 is 9.88 Å². The molecule has 3 rings (SSSR count). The Bertz CT molecular complexity index is 584. The molecule has 1 aromatic heterocycles. The highest BCUT2D eigenvalue weighted by Gasteiger charge is 2.21. The first-order valence-corrected chi connectivity index (χ1v) is 7.81. The Morgan fingerprint density at radius 3 is 2.89 bits per heavy atom. The average Bonchev–Trinajstić information content (AvgIpc) is 3.09. The number of fused-ring (bicyclic) bond motifs is 1. The van der Waals surface area contributed by atoms with Gasteiger partial charge in [0, 0.05) is 10.5 Å². The third kappa shape index (κ3) is 2.84. The number of nitrogens with one attached hydrogen (secondary N) is 1. The summed E-state index contributed by atoms with van der Waals surface area (Å²) in [4.78, 5) is 4.78. The van der Waals surface area contributed by atoms with Crippen molar-refractivity contribution in [2.45, 2.75) is 39.3 Å². The minimum Gasteiger partial charge on any atom is -0.324 e. The number of halogens is 1. The Hall–Kier alpha value is -0.870. The van der Waals surface area contributed by atoms with Gasteiger partial charge in [0.25, 0.3) is 0 Å². The van der Waals surface area contributed by atoms with Crippen LogP contribution in [0.5, 0.6) is 0 Å². The molecule has 3 nitrogen and oxygen atoms in total. The van der Waals surface area contributed by atoms with Gasteiger partial charge >= 0.3 is 0 Å². The minimum absolute atomic E-state index is 0.434. The van der Waals surface area contributed by atoms with Gasteiger partial charge in [0.2, 0.25) is 0 Å². The van der Waals surface area contributed by atoms with E-state index in [-0.39, 0.29) is 0 Å². The highest BCUT2D eigenvalue weighted by atomic mass is 79.9. The van der Waals surface area contributed by atoms with Gasteiger partial charge in [-0.3, -0.25) is 0 Å². The quantitative estimate of drug-likeness (QED) is 0.905. The molecule has 0 radical (unpaired) electrons. The lowest BCUT2D eigenvalue weighted by atomic mass is 10.3. The zero-order valence-corrected chi connectivity index (χ0v) is 13.1. The summed E-state index contributed by atoms with van der Waals surface area (Å²) in [5, 5.41) is 3.54. The topological polar surface area (TPSA) is 29.9 Å². The van der Waals surface area contributed by atoms with Crippen molar-refractivity contribution in [3.05, 3.63) is 28.5 Å². The Morgan fingerprint density at radius 1 is 1.42 bits per heavy atom. The van der Waals surface area contributed by atoms with Crippen molar-refractivity contribution in [3.8, 4) is 0 Å². The first-order chi connectivity index (χ1) is 9.15. The zero-order valence-electron chi connectivity index (χ0n) is 11.5. The van der Waals surface area contributed by atoms with Crippen molar-refractivity contribution in [2.24, 2.45) is 5.92 Å². The molecule has 102 valence electrons. The molecule has 0 spiro atoms. The summed E-state index contributed by atoms with van der Waals surface area (Å²) in [7, 11) is 0. The smallest absolute Gasteiger partial charge is 0.124 e. The summed E-state index contributed by atoms with van der Waals surface area (Å²) >= 11 is 3.52. The van der Waals surface area contributed by atoms with E-state index in [1.165, 1.54) is 18.4 Å². The second-order valence-corrected chi connectivity index (χ2v) is 6.61. The Kier molecular flexibility index (Phi) is 3.63.